The largest absolute Gasteiger partial charge is 0.456 e. The lowest BCUT2D eigenvalue weighted by Crippen LogP contribution is -2.26. The van der Waals surface area contributed by atoms with Gasteiger partial charge in [0.2, 0.25) is 0 Å². The first-order valence-electron chi connectivity index (χ1n) is 31.7. The second kappa shape index (κ2) is 19.5. The molecule has 0 amide bonds. The molecule has 1 spiro atoms. The number of hydrogen-bond acceptors (Lipinski definition) is 2. The minimum Gasteiger partial charge on any atom is -0.456 e. The molecule has 426 valence electrons. The van der Waals surface area contributed by atoms with E-state index in [2.05, 4.69) is 339 Å². The van der Waals surface area contributed by atoms with Crippen LogP contribution in [0.25, 0.3) is 127 Å². The molecule has 0 radical (unpaired) electrons. The summed E-state index contributed by atoms with van der Waals surface area (Å²) in [5.41, 5.74) is 32.4. The van der Waals surface area contributed by atoms with E-state index in [4.69, 9.17) is 4.42 Å². The van der Waals surface area contributed by atoms with Gasteiger partial charge in [-0.1, -0.05) is 250 Å². The second-order valence-corrected chi connectivity index (χ2v) is 25.4. The monoisotopic (exact) mass is 1160 g/mol. The van der Waals surface area contributed by atoms with E-state index in [0.717, 1.165) is 61.4 Å². The Morgan fingerprint density at radius 2 is 0.791 bits per heavy atom. The fraction of sp³-hybridized carbons (Fsp3) is 0.0455. The van der Waals surface area contributed by atoms with Gasteiger partial charge in [-0.15, -0.1) is 0 Å². The highest BCUT2D eigenvalue weighted by Crippen LogP contribution is 2.66. The Morgan fingerprint density at radius 1 is 0.286 bits per heavy atom. The van der Waals surface area contributed by atoms with Crippen molar-refractivity contribution in [1.29, 1.82) is 0 Å². The van der Waals surface area contributed by atoms with Crippen LogP contribution in [0.2, 0.25) is 0 Å². The van der Waals surface area contributed by atoms with Gasteiger partial charge in [-0.2, -0.15) is 0 Å². The Bertz CT molecular complexity index is 5600. The summed E-state index contributed by atoms with van der Waals surface area (Å²) < 4.78 is 9.42. The summed E-state index contributed by atoms with van der Waals surface area (Å²) in [6, 6.07) is 118. The molecule has 0 bridgehead atoms. The maximum Gasteiger partial charge on any atom is 0.137 e. The number of benzene rings is 14. The molecule has 0 atom stereocenters. The molecule has 3 aliphatic rings. The topological polar surface area (TPSA) is 21.3 Å². The van der Waals surface area contributed by atoms with Crippen LogP contribution in [0.1, 0.15) is 47.2 Å². The third-order valence-electron chi connectivity index (χ3n) is 20.4. The quantitative estimate of drug-likeness (QED) is 0.151. The third-order valence-corrected chi connectivity index (χ3v) is 20.4. The van der Waals surface area contributed by atoms with E-state index in [1.54, 1.807) is 0 Å². The van der Waals surface area contributed by atoms with Crippen LogP contribution in [-0.4, -0.2) is 4.57 Å². The predicted molar refractivity (Wildman–Crippen MR) is 378 cm³/mol. The molecular formula is C88H58N2O. The van der Waals surface area contributed by atoms with E-state index in [0.29, 0.717) is 0 Å². The fourth-order valence-electron chi connectivity index (χ4n) is 16.5. The third kappa shape index (κ3) is 7.32. The molecule has 16 aromatic rings. The van der Waals surface area contributed by atoms with Gasteiger partial charge in [0.05, 0.1) is 38.9 Å². The maximum absolute atomic E-state index is 7.04. The van der Waals surface area contributed by atoms with Crippen LogP contribution >= 0.6 is 0 Å². The number of hydrogen-bond donors (Lipinski definition) is 0. The van der Waals surface area contributed by atoms with Crippen molar-refractivity contribution in [2.75, 3.05) is 4.90 Å². The van der Waals surface area contributed by atoms with Crippen LogP contribution in [0.15, 0.2) is 320 Å². The Morgan fingerprint density at radius 3 is 1.53 bits per heavy atom. The molecule has 0 unspecified atom stereocenters. The molecule has 91 heavy (non-hydrogen) atoms. The lowest BCUT2D eigenvalue weighted by atomic mass is 9.69. The molecule has 0 fully saturated rings. The zero-order valence-corrected chi connectivity index (χ0v) is 50.3. The van der Waals surface area contributed by atoms with E-state index in [1.165, 1.54) is 116 Å². The van der Waals surface area contributed by atoms with Crippen molar-refractivity contribution in [3.63, 3.8) is 0 Å². The van der Waals surface area contributed by atoms with Crippen LogP contribution in [0, 0.1) is 0 Å². The van der Waals surface area contributed by atoms with Crippen LogP contribution in [0.3, 0.4) is 0 Å². The summed E-state index contributed by atoms with van der Waals surface area (Å²) in [6.45, 7) is 4.77. The first kappa shape index (κ1) is 51.5. The zero-order chi connectivity index (χ0) is 60.1. The molecule has 3 heteroatoms. The van der Waals surface area contributed by atoms with E-state index < -0.39 is 5.41 Å². The average Bonchev–Trinajstić information content (AvgIpc) is 1.51. The SMILES string of the molecule is CC1(C)c2ccccc2-c2c(N(c3ccccc3-c3cccc4c3-c3ccccc3C43c4cc(-c5ccccc5)ccc4-c4ccc(-c5ccccc5)cc43)c3cccc4oc5ccc(-c6ccc7c(c6)c6ccccc6n7-c6ccccc6)cc5c34)cccc21. The van der Waals surface area contributed by atoms with Crippen LogP contribution in [-0.2, 0) is 10.8 Å². The van der Waals surface area contributed by atoms with Gasteiger partial charge >= 0.3 is 0 Å². The maximum atomic E-state index is 7.04. The Hall–Kier alpha value is -11.5. The first-order chi connectivity index (χ1) is 44.9. The van der Waals surface area contributed by atoms with Gasteiger partial charge in [0.15, 0.2) is 0 Å². The predicted octanol–water partition coefficient (Wildman–Crippen LogP) is 23.5. The summed E-state index contributed by atoms with van der Waals surface area (Å²) in [5, 5.41) is 4.56. The first-order valence-corrected chi connectivity index (χ1v) is 31.7. The second-order valence-electron chi connectivity index (χ2n) is 25.4. The van der Waals surface area contributed by atoms with Crippen LogP contribution < -0.4 is 4.90 Å². The van der Waals surface area contributed by atoms with Gasteiger partial charge in [-0.05, 0) is 179 Å². The van der Waals surface area contributed by atoms with Gasteiger partial charge in [0.25, 0.3) is 0 Å². The van der Waals surface area contributed by atoms with Gasteiger partial charge in [-0.3, -0.25) is 0 Å². The Balaban J connectivity index is 0.857. The lowest BCUT2D eigenvalue weighted by molar-refractivity contribution is 0.660. The average molecular weight is 1160 g/mol. The molecule has 0 N–H and O–H groups in total. The van der Waals surface area contributed by atoms with Gasteiger partial charge in [-0.25, -0.2) is 0 Å². The van der Waals surface area contributed by atoms with Crippen LogP contribution in [0.4, 0.5) is 17.1 Å². The lowest BCUT2D eigenvalue weighted by Gasteiger charge is -2.32. The number of rotatable bonds is 8. The van der Waals surface area contributed by atoms with Crippen molar-refractivity contribution >= 4 is 60.8 Å². The minimum absolute atomic E-state index is 0.238. The number of anilines is 3. The summed E-state index contributed by atoms with van der Waals surface area (Å²) >= 11 is 0. The molecule has 14 aromatic carbocycles. The van der Waals surface area contributed by atoms with Gasteiger partial charge in [0, 0.05) is 38.4 Å². The van der Waals surface area contributed by atoms with Gasteiger partial charge < -0.3 is 13.9 Å². The van der Waals surface area contributed by atoms with Crippen LogP contribution in [0.5, 0.6) is 0 Å². The molecule has 3 aliphatic carbocycles. The van der Waals surface area contributed by atoms with Crippen molar-refractivity contribution in [3.8, 4) is 83.6 Å². The van der Waals surface area contributed by atoms with E-state index in [1.807, 2.05) is 0 Å². The van der Waals surface area contributed by atoms with Crippen molar-refractivity contribution in [1.82, 2.24) is 4.57 Å². The van der Waals surface area contributed by atoms with Crippen molar-refractivity contribution in [2.45, 2.75) is 24.7 Å². The fourth-order valence-corrected chi connectivity index (χ4v) is 16.5. The molecule has 2 aromatic heterocycles. The Labute approximate surface area is 528 Å². The highest BCUT2D eigenvalue weighted by atomic mass is 16.3. The number of fused-ring (bicyclic) bond motifs is 19. The summed E-state index contributed by atoms with van der Waals surface area (Å²) in [6.07, 6.45) is 0. The summed E-state index contributed by atoms with van der Waals surface area (Å²) in [4.78, 5) is 2.58. The molecule has 0 aliphatic heterocycles. The summed E-state index contributed by atoms with van der Waals surface area (Å²) in [5.74, 6) is 0. The molecule has 0 saturated carbocycles. The molecule has 3 nitrogen and oxygen atoms in total. The molecule has 19 rings (SSSR count). The summed E-state index contributed by atoms with van der Waals surface area (Å²) in [7, 11) is 0. The number of para-hydroxylation sites is 3. The van der Waals surface area contributed by atoms with Crippen molar-refractivity contribution in [3.05, 3.63) is 349 Å². The number of furan rings is 1. The normalized spacial score (nSPS) is 13.6. The van der Waals surface area contributed by atoms with Crippen molar-refractivity contribution in [2.24, 2.45) is 0 Å². The smallest absolute Gasteiger partial charge is 0.137 e. The highest BCUT2D eigenvalue weighted by molar-refractivity contribution is 6.17. The van der Waals surface area contributed by atoms with E-state index in [-0.39, 0.29) is 5.41 Å². The highest BCUT2D eigenvalue weighted by Gasteiger charge is 2.53. The van der Waals surface area contributed by atoms with E-state index >= 15 is 0 Å². The zero-order valence-electron chi connectivity index (χ0n) is 50.3. The minimum atomic E-state index is -0.630. The number of nitrogens with zero attached hydrogens (tertiary/aromatic N) is 2. The molecule has 0 saturated heterocycles. The van der Waals surface area contributed by atoms with E-state index in [9.17, 15) is 0 Å². The van der Waals surface area contributed by atoms with Crippen molar-refractivity contribution < 1.29 is 4.42 Å². The number of aromatic nitrogens is 1. The Kier molecular flexibility index (Phi) is 11.0. The van der Waals surface area contributed by atoms with Gasteiger partial charge in [0.1, 0.15) is 11.2 Å². The molecule has 2 heterocycles. The molecular weight excluding hydrogens is 1100 g/mol. The standard InChI is InChI=1S/C88H58N2O/c1-87(2)71-34-16-12-31-67(71)85-73(87)36-21-40-80(85)90(81-41-22-42-83-86(81)70-52-58(46-50-82(70)91-83)57-45-49-79-69(51-57)65-30-15-18-38-77(65)89(79)61-27-10-5-11-28-61)78-39-19-14-29-64(78)66-33-20-37-74-84(66)68-32-13-17-35-72(68)88(74)75-53-59(55-23-6-3-7-24-55)43-47-62(75)63-48-44-60(54-76(63)88)56-25-8-4-9-26-56/h3-54H,1-2H3.